The van der Waals surface area contributed by atoms with Gasteiger partial charge in [0.2, 0.25) is 5.91 Å². The van der Waals surface area contributed by atoms with Gasteiger partial charge in [-0.15, -0.1) is 6.58 Å². The van der Waals surface area contributed by atoms with Gasteiger partial charge in [-0.2, -0.15) is 0 Å². The van der Waals surface area contributed by atoms with Crippen molar-refractivity contribution in [2.45, 2.75) is 101 Å². The summed E-state index contributed by atoms with van der Waals surface area (Å²) in [6.07, 6.45) is 10.5. The number of aliphatic hydroxyl groups is 1. The summed E-state index contributed by atoms with van der Waals surface area (Å²) < 4.78 is 18.5. The van der Waals surface area contributed by atoms with Crippen molar-refractivity contribution in [2.75, 3.05) is 19.7 Å². The number of hydrogen-bond acceptors (Lipinski definition) is 6. The van der Waals surface area contributed by atoms with E-state index >= 15 is 0 Å². The molecule has 44 heavy (non-hydrogen) atoms. The van der Waals surface area contributed by atoms with E-state index in [1.807, 2.05) is 30.3 Å². The zero-order chi connectivity index (χ0) is 30.9. The normalized spacial score (nSPS) is 24.1. The number of amides is 2. The Kier molecular flexibility index (Phi) is 11.1. The highest BCUT2D eigenvalue weighted by Gasteiger charge is 2.42. The third kappa shape index (κ3) is 7.89. The number of nitrogens with one attached hydrogen (secondary N) is 2. The first-order chi connectivity index (χ1) is 21.4. The number of alkyl carbamates (subject to hydrolysis) is 1. The van der Waals surface area contributed by atoms with Gasteiger partial charge in [0.1, 0.15) is 6.61 Å². The van der Waals surface area contributed by atoms with Gasteiger partial charge in [0, 0.05) is 31.8 Å². The average molecular weight is 605 g/mol. The van der Waals surface area contributed by atoms with Crippen LogP contribution in [-0.2, 0) is 19.0 Å². The first-order valence-corrected chi connectivity index (χ1v) is 16.4. The third-order valence-electron chi connectivity index (χ3n) is 9.42. The van der Waals surface area contributed by atoms with Gasteiger partial charge in [0.05, 0.1) is 24.2 Å². The molecule has 0 aromatic heterocycles. The average Bonchev–Trinajstić information content (AvgIpc) is 3.36. The maximum atomic E-state index is 12.7. The van der Waals surface area contributed by atoms with Gasteiger partial charge in [0.25, 0.3) is 0 Å². The zero-order valence-corrected chi connectivity index (χ0v) is 26.0. The smallest absolute Gasteiger partial charge is 0.407 e. The van der Waals surface area contributed by atoms with Crippen LogP contribution in [0.15, 0.2) is 61.2 Å². The van der Waals surface area contributed by atoms with Crippen LogP contribution in [0.1, 0.15) is 88.2 Å². The van der Waals surface area contributed by atoms with Crippen LogP contribution in [0.3, 0.4) is 0 Å². The Balaban J connectivity index is 0.987. The number of fused-ring (bicyclic) bond motifs is 3. The van der Waals surface area contributed by atoms with Crippen LogP contribution in [0, 0.1) is 5.92 Å². The second-order valence-corrected chi connectivity index (χ2v) is 12.5. The minimum Gasteiger partial charge on any atom is -0.449 e. The molecule has 3 aliphatic rings. The molecule has 1 spiro atoms. The summed E-state index contributed by atoms with van der Waals surface area (Å²) in [5.74, 6) is -1.41. The van der Waals surface area contributed by atoms with E-state index < -0.39 is 23.9 Å². The fourth-order valence-corrected chi connectivity index (χ4v) is 6.91. The molecule has 2 heterocycles. The predicted molar refractivity (Wildman–Crippen MR) is 170 cm³/mol. The van der Waals surface area contributed by atoms with Gasteiger partial charge in [-0.25, -0.2) is 4.79 Å². The minimum absolute atomic E-state index is 0.0400. The molecule has 0 unspecified atom stereocenters. The van der Waals surface area contributed by atoms with E-state index in [0.717, 1.165) is 86.5 Å². The maximum absolute atomic E-state index is 12.7. The fourth-order valence-electron chi connectivity index (χ4n) is 6.91. The number of ether oxygens (including phenoxy) is 3. The molecule has 2 amide bonds. The second-order valence-electron chi connectivity index (χ2n) is 12.5. The Morgan fingerprint density at radius 2 is 1.61 bits per heavy atom. The van der Waals surface area contributed by atoms with Crippen molar-refractivity contribution in [3.63, 3.8) is 0 Å². The molecular weight excluding hydrogens is 556 g/mol. The van der Waals surface area contributed by atoms with Crippen molar-refractivity contribution in [1.82, 2.24) is 10.6 Å². The summed E-state index contributed by atoms with van der Waals surface area (Å²) in [7, 11) is 0. The van der Waals surface area contributed by atoms with E-state index in [0.29, 0.717) is 6.54 Å². The summed E-state index contributed by atoms with van der Waals surface area (Å²) in [6, 6.07) is 16.3. The maximum Gasteiger partial charge on any atom is 0.407 e. The largest absolute Gasteiger partial charge is 0.449 e. The number of carbonyl (C=O) groups excluding carboxylic acids is 2. The van der Waals surface area contributed by atoms with Crippen molar-refractivity contribution in [3.8, 4) is 11.1 Å². The lowest BCUT2D eigenvalue weighted by atomic mass is 9.91. The predicted octanol–water partition coefficient (Wildman–Crippen LogP) is 6.22. The van der Waals surface area contributed by atoms with E-state index in [4.69, 9.17) is 14.2 Å². The summed E-state index contributed by atoms with van der Waals surface area (Å²) in [4.78, 5) is 25.2. The van der Waals surface area contributed by atoms with E-state index in [2.05, 4.69) is 41.5 Å². The molecule has 2 aliphatic heterocycles. The molecule has 3 N–H and O–H groups in total. The van der Waals surface area contributed by atoms with Crippen LogP contribution in [0.5, 0.6) is 0 Å². The van der Waals surface area contributed by atoms with E-state index in [1.54, 1.807) is 6.92 Å². The summed E-state index contributed by atoms with van der Waals surface area (Å²) >= 11 is 0. The van der Waals surface area contributed by atoms with Crippen molar-refractivity contribution in [2.24, 2.45) is 5.92 Å². The molecule has 0 saturated carbocycles. The highest BCUT2D eigenvalue weighted by molar-refractivity contribution is 5.79. The standard InChI is InChI=1S/C36H48N2O6/c1-3-4-12-26-13-9-20-36(43-26)21-10-14-27(44-36)15-11-22-37-34(40)25(2)33(39)23-38-35(41)42-24-32-30-18-7-5-16-28(30)29-17-6-8-19-31(29)32/h3,5-8,16-19,25-27,32-33,39H,1,4,9-15,20-24H2,2H3,(H,37,40)(H,38,41)/t25-,26+,27-,33-,36-/m0/s1. The molecule has 0 bridgehead atoms. The quantitative estimate of drug-likeness (QED) is 0.185. The lowest BCUT2D eigenvalue weighted by molar-refractivity contribution is -0.315. The Hall–Kier alpha value is -3.20. The Morgan fingerprint density at radius 1 is 1.00 bits per heavy atom. The first kappa shape index (κ1) is 32.2. The number of aliphatic hydroxyl groups excluding tert-OH is 1. The van der Waals surface area contributed by atoms with Crippen LogP contribution < -0.4 is 10.6 Å². The van der Waals surface area contributed by atoms with Gasteiger partial charge in [0.15, 0.2) is 5.79 Å². The molecule has 238 valence electrons. The van der Waals surface area contributed by atoms with Crippen LogP contribution in [0.4, 0.5) is 4.79 Å². The lowest BCUT2D eigenvalue weighted by Gasteiger charge is -2.46. The molecule has 2 fully saturated rings. The fraction of sp³-hybridized carbons (Fsp3) is 0.556. The van der Waals surface area contributed by atoms with Gasteiger partial charge in [-0.3, -0.25) is 4.79 Å². The topological polar surface area (TPSA) is 106 Å². The second kappa shape index (κ2) is 15.2. The summed E-state index contributed by atoms with van der Waals surface area (Å²) in [5.41, 5.74) is 4.59. The molecular formula is C36H48N2O6. The van der Waals surface area contributed by atoms with Gasteiger partial charge in [-0.05, 0) is 73.6 Å². The molecule has 2 aromatic carbocycles. The molecule has 8 heteroatoms. The number of allylic oxidation sites excluding steroid dienone is 1. The third-order valence-corrected chi connectivity index (χ3v) is 9.42. The molecule has 2 aromatic rings. The van der Waals surface area contributed by atoms with Crippen LogP contribution in [-0.4, -0.2) is 60.9 Å². The molecule has 5 rings (SSSR count). The highest BCUT2D eigenvalue weighted by Crippen LogP contribution is 2.44. The summed E-state index contributed by atoms with van der Waals surface area (Å²) in [6.45, 7) is 6.12. The van der Waals surface area contributed by atoms with E-state index in [-0.39, 0.29) is 37.2 Å². The van der Waals surface area contributed by atoms with Crippen LogP contribution in [0.25, 0.3) is 11.1 Å². The molecule has 1 aliphatic carbocycles. The number of hydrogen-bond donors (Lipinski definition) is 3. The monoisotopic (exact) mass is 604 g/mol. The van der Waals surface area contributed by atoms with Gasteiger partial charge >= 0.3 is 6.09 Å². The van der Waals surface area contributed by atoms with E-state index in [9.17, 15) is 14.7 Å². The number of carbonyl (C=O) groups is 2. The first-order valence-electron chi connectivity index (χ1n) is 16.4. The van der Waals surface area contributed by atoms with Crippen molar-refractivity contribution in [3.05, 3.63) is 72.3 Å². The summed E-state index contributed by atoms with van der Waals surface area (Å²) in [5, 5.41) is 16.1. The van der Waals surface area contributed by atoms with Crippen LogP contribution in [0.2, 0.25) is 0 Å². The number of rotatable bonds is 13. The molecule has 8 nitrogen and oxygen atoms in total. The van der Waals surface area contributed by atoms with Crippen molar-refractivity contribution >= 4 is 12.0 Å². The Morgan fingerprint density at radius 3 is 2.25 bits per heavy atom. The lowest BCUT2D eigenvalue weighted by Crippen LogP contribution is -2.48. The van der Waals surface area contributed by atoms with Gasteiger partial charge in [-0.1, -0.05) is 61.5 Å². The Bertz CT molecular complexity index is 1230. The SMILES string of the molecule is C=CCC[C@@H]1CCC[C@]2(CCC[C@@H](CCCNC(=O)[C@@H](C)[C@@H](O)CNC(=O)OCC3c4ccccc4-c4ccccc43)O2)O1. The minimum atomic E-state index is -1.03. The molecule has 5 atom stereocenters. The zero-order valence-electron chi connectivity index (χ0n) is 26.0. The Labute approximate surface area is 261 Å². The molecule has 0 radical (unpaired) electrons. The molecule has 2 saturated heterocycles. The number of benzene rings is 2. The van der Waals surface area contributed by atoms with Crippen LogP contribution >= 0.6 is 0 Å². The highest BCUT2D eigenvalue weighted by atomic mass is 16.7. The van der Waals surface area contributed by atoms with E-state index in [1.165, 1.54) is 0 Å². The van der Waals surface area contributed by atoms with Gasteiger partial charge < -0.3 is 30.0 Å². The van der Waals surface area contributed by atoms with Crippen molar-refractivity contribution < 1.29 is 28.9 Å². The van der Waals surface area contributed by atoms with Crippen molar-refractivity contribution in [1.29, 1.82) is 0 Å².